The summed E-state index contributed by atoms with van der Waals surface area (Å²) in [5, 5.41) is 43.7. The fourth-order valence-corrected chi connectivity index (χ4v) is 4.03. The lowest BCUT2D eigenvalue weighted by Crippen LogP contribution is -2.21. The van der Waals surface area contributed by atoms with Crippen LogP contribution >= 0.6 is 0 Å². The Labute approximate surface area is 284 Å². The second-order valence-corrected chi connectivity index (χ2v) is 12.2. The molecule has 0 heterocycles. The molecule has 0 bridgehead atoms. The van der Waals surface area contributed by atoms with Gasteiger partial charge in [-0.15, -0.1) is 6.58 Å². The first-order valence-electron chi connectivity index (χ1n) is 19.2. The summed E-state index contributed by atoms with van der Waals surface area (Å²) < 4.78 is 0. The number of aliphatic hydroxyl groups excluding tert-OH is 5. The molecule has 3 unspecified atom stereocenters. The predicted molar refractivity (Wildman–Crippen MR) is 202 cm³/mol. The maximum atomic E-state index is 9.10. The molecule has 0 aliphatic carbocycles. The van der Waals surface area contributed by atoms with E-state index < -0.39 is 18.3 Å². The van der Waals surface area contributed by atoms with Crippen LogP contribution in [-0.2, 0) is 0 Å². The molecule has 0 rings (SSSR count). The number of aliphatic hydroxyl groups is 5. The zero-order valence-corrected chi connectivity index (χ0v) is 31.8. The summed E-state index contributed by atoms with van der Waals surface area (Å²) in [7, 11) is 0. The van der Waals surface area contributed by atoms with E-state index in [1.165, 1.54) is 109 Å². The highest BCUT2D eigenvalue weighted by atomic mass is 16.3. The molecule has 5 heteroatoms. The van der Waals surface area contributed by atoms with E-state index in [0.717, 1.165) is 44.9 Å². The van der Waals surface area contributed by atoms with Gasteiger partial charge in [-0.1, -0.05) is 162 Å². The molecule has 0 amide bonds. The normalized spacial score (nSPS) is 12.3. The van der Waals surface area contributed by atoms with Crippen LogP contribution in [0.1, 0.15) is 203 Å². The molecule has 0 saturated carbocycles. The van der Waals surface area contributed by atoms with Gasteiger partial charge in [0.25, 0.3) is 0 Å². The van der Waals surface area contributed by atoms with E-state index in [4.69, 9.17) is 25.5 Å². The highest BCUT2D eigenvalue weighted by molar-refractivity contribution is 4.75. The van der Waals surface area contributed by atoms with Gasteiger partial charge in [0.15, 0.2) is 0 Å². The fraction of sp³-hybridized carbons (Fsp3) is 0.900. The van der Waals surface area contributed by atoms with Gasteiger partial charge in [-0.2, -0.15) is 0 Å². The van der Waals surface area contributed by atoms with Crippen molar-refractivity contribution in [2.75, 3.05) is 13.2 Å². The molecule has 3 atom stereocenters. The highest BCUT2D eigenvalue weighted by Gasteiger charge is 2.08. The average molecular weight is 647 g/mol. The van der Waals surface area contributed by atoms with Crippen LogP contribution in [-0.4, -0.2) is 57.1 Å². The molecule has 0 spiro atoms. The fourth-order valence-electron chi connectivity index (χ4n) is 4.03. The van der Waals surface area contributed by atoms with Crippen molar-refractivity contribution in [3.05, 3.63) is 24.8 Å². The third-order valence-electron chi connectivity index (χ3n) is 7.25. The SMILES string of the molecule is C/C=C/CCCCC.C=CCCCCCC.CCCCCC(O)C(C)O.CCCCCCC(O)CO.CCCCCCCCO. The summed E-state index contributed by atoms with van der Waals surface area (Å²) in [6.45, 7) is 18.6. The van der Waals surface area contributed by atoms with Crippen LogP contribution < -0.4 is 0 Å². The van der Waals surface area contributed by atoms with Crippen molar-refractivity contribution >= 4 is 0 Å². The Bertz CT molecular complexity index is 475. The van der Waals surface area contributed by atoms with Gasteiger partial charge in [0.1, 0.15) is 0 Å². The van der Waals surface area contributed by atoms with Gasteiger partial charge in [0.05, 0.1) is 24.9 Å². The molecule has 276 valence electrons. The van der Waals surface area contributed by atoms with Gasteiger partial charge in [-0.3, -0.25) is 0 Å². The van der Waals surface area contributed by atoms with Crippen molar-refractivity contribution in [3.63, 3.8) is 0 Å². The van der Waals surface area contributed by atoms with E-state index in [1.54, 1.807) is 6.92 Å². The van der Waals surface area contributed by atoms with Gasteiger partial charge in [-0.05, 0) is 58.8 Å². The zero-order chi connectivity index (χ0) is 35.2. The summed E-state index contributed by atoms with van der Waals surface area (Å²) >= 11 is 0. The van der Waals surface area contributed by atoms with Crippen LogP contribution in [0.2, 0.25) is 0 Å². The van der Waals surface area contributed by atoms with Gasteiger partial charge in [-0.25, -0.2) is 0 Å². The number of allylic oxidation sites excluding steroid dienone is 3. The van der Waals surface area contributed by atoms with Gasteiger partial charge in [0, 0.05) is 6.61 Å². The average Bonchev–Trinajstić information content (AvgIpc) is 3.04. The number of hydrogen-bond donors (Lipinski definition) is 5. The predicted octanol–water partition coefficient (Wildman–Crippen LogP) is 11.2. The first kappa shape index (κ1) is 53.8. The Morgan fingerprint density at radius 3 is 1.38 bits per heavy atom. The molecule has 0 aliphatic heterocycles. The molecule has 0 aromatic carbocycles. The van der Waals surface area contributed by atoms with Crippen LogP contribution in [0.5, 0.6) is 0 Å². The van der Waals surface area contributed by atoms with Crippen LogP contribution in [0.3, 0.4) is 0 Å². The Balaban J connectivity index is -0.000000149. The molecule has 0 saturated heterocycles. The zero-order valence-electron chi connectivity index (χ0n) is 31.8. The van der Waals surface area contributed by atoms with E-state index in [2.05, 4.69) is 60.3 Å². The lowest BCUT2D eigenvalue weighted by molar-refractivity contribution is 0.0247. The summed E-state index contributed by atoms with van der Waals surface area (Å²) in [5.74, 6) is 0. The minimum atomic E-state index is -0.572. The van der Waals surface area contributed by atoms with Gasteiger partial charge in [0.2, 0.25) is 0 Å². The lowest BCUT2D eigenvalue weighted by atomic mass is 10.1. The minimum absolute atomic E-state index is 0.0911. The molecule has 5 N–H and O–H groups in total. The summed E-state index contributed by atoms with van der Waals surface area (Å²) in [5.41, 5.74) is 0. The van der Waals surface area contributed by atoms with E-state index in [1.807, 2.05) is 6.08 Å². The lowest BCUT2D eigenvalue weighted by Gasteiger charge is -2.12. The van der Waals surface area contributed by atoms with E-state index in [0.29, 0.717) is 6.61 Å². The highest BCUT2D eigenvalue weighted by Crippen LogP contribution is 2.07. The Morgan fingerprint density at radius 2 is 0.933 bits per heavy atom. The Kier molecular flexibility index (Phi) is 66.5. The van der Waals surface area contributed by atoms with Gasteiger partial charge < -0.3 is 25.5 Å². The summed E-state index contributed by atoms with van der Waals surface area (Å²) in [6.07, 6.45) is 33.7. The van der Waals surface area contributed by atoms with E-state index >= 15 is 0 Å². The minimum Gasteiger partial charge on any atom is -0.396 e. The molecule has 0 aromatic rings. The first-order valence-corrected chi connectivity index (χ1v) is 19.2. The summed E-state index contributed by atoms with van der Waals surface area (Å²) in [4.78, 5) is 0. The second-order valence-electron chi connectivity index (χ2n) is 12.2. The Hall–Kier alpha value is -0.720. The monoisotopic (exact) mass is 647 g/mol. The first-order chi connectivity index (χ1) is 21.7. The van der Waals surface area contributed by atoms with E-state index in [-0.39, 0.29) is 6.61 Å². The van der Waals surface area contributed by atoms with Gasteiger partial charge >= 0.3 is 0 Å². The molecule has 0 radical (unpaired) electrons. The topological polar surface area (TPSA) is 101 Å². The molecule has 5 nitrogen and oxygen atoms in total. The van der Waals surface area contributed by atoms with Crippen molar-refractivity contribution in [1.82, 2.24) is 0 Å². The molecule has 0 aliphatic rings. The smallest absolute Gasteiger partial charge is 0.0796 e. The number of rotatable bonds is 26. The van der Waals surface area contributed by atoms with Crippen LogP contribution in [0.15, 0.2) is 24.8 Å². The Morgan fingerprint density at radius 1 is 0.533 bits per heavy atom. The standard InChI is InChI=1S/2C8H18O2.C8H18O.2C8H16/c1-3-4-5-6-8(10)7(2)9;1-2-3-4-5-6-8(10)7-9;1-2-3-4-5-6-7-8-9;2*1-3-5-7-8-6-4-2/h7-10H,3-6H2,1-2H3;8-10H,2-7H2,1H3;9H,2-8H2,1H3;3,5H,4,6-8H2,1-2H3;3H,1,4-8H2,2H3/b;;;5-3+;. The van der Waals surface area contributed by atoms with Crippen LogP contribution in [0.25, 0.3) is 0 Å². The van der Waals surface area contributed by atoms with Crippen molar-refractivity contribution in [1.29, 1.82) is 0 Å². The number of unbranched alkanes of at least 4 members (excludes halogenated alkanes) is 17. The third kappa shape index (κ3) is 70.8. The van der Waals surface area contributed by atoms with Crippen LogP contribution in [0.4, 0.5) is 0 Å². The molecule has 45 heavy (non-hydrogen) atoms. The molecular formula is C40H86O5. The number of hydrogen-bond acceptors (Lipinski definition) is 5. The third-order valence-corrected chi connectivity index (χ3v) is 7.25. The maximum Gasteiger partial charge on any atom is 0.0796 e. The molecule has 0 aromatic heterocycles. The summed E-state index contributed by atoms with van der Waals surface area (Å²) in [6, 6.07) is 0. The van der Waals surface area contributed by atoms with E-state index in [9.17, 15) is 0 Å². The van der Waals surface area contributed by atoms with Crippen LogP contribution in [0, 0.1) is 0 Å². The van der Waals surface area contributed by atoms with Crippen molar-refractivity contribution in [2.45, 2.75) is 221 Å². The molecular weight excluding hydrogens is 560 g/mol. The molecule has 0 fully saturated rings. The van der Waals surface area contributed by atoms with Crippen molar-refractivity contribution < 1.29 is 25.5 Å². The quantitative estimate of drug-likeness (QED) is 0.0475. The second kappa shape index (κ2) is 55.7. The van der Waals surface area contributed by atoms with Crippen molar-refractivity contribution in [2.24, 2.45) is 0 Å². The largest absolute Gasteiger partial charge is 0.396 e. The maximum absolute atomic E-state index is 9.10. The van der Waals surface area contributed by atoms with Crippen molar-refractivity contribution in [3.8, 4) is 0 Å².